The van der Waals surface area contributed by atoms with E-state index < -0.39 is 0 Å². The van der Waals surface area contributed by atoms with Gasteiger partial charge in [0, 0.05) is 5.02 Å². The molecule has 144 valence electrons. The summed E-state index contributed by atoms with van der Waals surface area (Å²) in [6.45, 7) is 2.62. The molecule has 0 aliphatic rings. The maximum Gasteiger partial charge on any atom is 0.244 e. The summed E-state index contributed by atoms with van der Waals surface area (Å²) in [6.07, 6.45) is 2.54. The molecule has 2 aromatic carbocycles. The molecular formula is C20H23ClN2O4. The van der Waals surface area contributed by atoms with Crippen LogP contribution in [0.3, 0.4) is 0 Å². The van der Waals surface area contributed by atoms with Crippen molar-refractivity contribution in [1.29, 1.82) is 0 Å². The molecule has 27 heavy (non-hydrogen) atoms. The van der Waals surface area contributed by atoms with Gasteiger partial charge in [-0.15, -0.1) is 0 Å². The number of amides is 1. The van der Waals surface area contributed by atoms with Crippen molar-refractivity contribution in [2.75, 3.05) is 20.8 Å². The second-order valence-corrected chi connectivity index (χ2v) is 6.09. The predicted molar refractivity (Wildman–Crippen MR) is 106 cm³/mol. The summed E-state index contributed by atoms with van der Waals surface area (Å²) in [5.41, 5.74) is 3.94. The topological polar surface area (TPSA) is 69.2 Å². The Bertz CT molecular complexity index is 809. The zero-order valence-electron chi connectivity index (χ0n) is 15.6. The van der Waals surface area contributed by atoms with Gasteiger partial charge in [0.15, 0.2) is 11.5 Å². The van der Waals surface area contributed by atoms with Crippen LogP contribution in [0, 0.1) is 0 Å². The van der Waals surface area contributed by atoms with Gasteiger partial charge in [0.25, 0.3) is 0 Å². The molecule has 0 saturated carbocycles. The summed E-state index contributed by atoms with van der Waals surface area (Å²) in [7, 11) is 3.15. The number of carbonyl (C=O) groups is 1. The number of hydrogen-bond donors (Lipinski definition) is 1. The second-order valence-electron chi connectivity index (χ2n) is 5.69. The van der Waals surface area contributed by atoms with Gasteiger partial charge in [0.1, 0.15) is 5.75 Å². The van der Waals surface area contributed by atoms with Crippen molar-refractivity contribution in [1.82, 2.24) is 5.43 Å². The fraction of sp³-hybridized carbons (Fsp3) is 0.300. The molecule has 1 N–H and O–H groups in total. The highest BCUT2D eigenvalue weighted by atomic mass is 35.5. The largest absolute Gasteiger partial charge is 0.497 e. The molecule has 0 aliphatic carbocycles. The van der Waals surface area contributed by atoms with Crippen molar-refractivity contribution in [2.24, 2.45) is 5.10 Å². The molecule has 1 amide bonds. The average Bonchev–Trinajstić information content (AvgIpc) is 2.68. The van der Waals surface area contributed by atoms with E-state index in [0.29, 0.717) is 34.4 Å². The van der Waals surface area contributed by atoms with Gasteiger partial charge in [-0.25, -0.2) is 5.43 Å². The van der Waals surface area contributed by atoms with Crippen molar-refractivity contribution in [3.63, 3.8) is 0 Å². The summed E-state index contributed by atoms with van der Waals surface area (Å²) in [6, 6.07) is 10.6. The molecule has 2 aromatic rings. The number of rotatable bonds is 9. The Balaban J connectivity index is 1.99. The van der Waals surface area contributed by atoms with Crippen LogP contribution in [0.1, 0.15) is 24.5 Å². The van der Waals surface area contributed by atoms with Gasteiger partial charge in [-0.05, 0) is 53.9 Å². The molecule has 0 atom stereocenters. The Kier molecular flexibility index (Phi) is 7.95. The highest BCUT2D eigenvalue weighted by Gasteiger charge is 2.08. The number of halogens is 1. The molecule has 7 heteroatoms. The van der Waals surface area contributed by atoms with E-state index in [1.807, 2.05) is 19.1 Å². The Morgan fingerprint density at radius 2 is 1.96 bits per heavy atom. The van der Waals surface area contributed by atoms with Crippen molar-refractivity contribution in [2.45, 2.75) is 19.8 Å². The average molecular weight is 391 g/mol. The van der Waals surface area contributed by atoms with Crippen LogP contribution in [0.15, 0.2) is 41.5 Å². The number of nitrogens with one attached hydrogen (secondary N) is 1. The molecule has 0 bridgehead atoms. The Morgan fingerprint density at radius 1 is 1.15 bits per heavy atom. The summed E-state index contributed by atoms with van der Waals surface area (Å²) in [4.78, 5) is 12.1. The van der Waals surface area contributed by atoms with Crippen LogP contribution < -0.4 is 19.6 Å². The monoisotopic (exact) mass is 390 g/mol. The van der Waals surface area contributed by atoms with Crippen molar-refractivity contribution in [3.8, 4) is 17.2 Å². The first-order chi connectivity index (χ1) is 13.1. The van der Waals surface area contributed by atoms with E-state index in [4.69, 9.17) is 25.8 Å². The van der Waals surface area contributed by atoms with Crippen LogP contribution in [-0.4, -0.2) is 32.9 Å². The standard InChI is InChI=1S/C20H23ClN2O4/c1-4-9-27-19-10-14(5-8-18(19)26-3)13-22-23-20(24)12-15-11-16(25-2)6-7-17(15)21/h5-8,10-11,13H,4,9,12H2,1-3H3,(H,23,24)/b22-13+. The molecule has 0 aromatic heterocycles. The smallest absolute Gasteiger partial charge is 0.244 e. The van der Waals surface area contributed by atoms with E-state index in [1.54, 1.807) is 44.7 Å². The first-order valence-electron chi connectivity index (χ1n) is 8.52. The van der Waals surface area contributed by atoms with Crippen molar-refractivity contribution < 1.29 is 19.0 Å². The normalized spacial score (nSPS) is 10.7. The maximum absolute atomic E-state index is 12.1. The van der Waals surface area contributed by atoms with Gasteiger partial charge in [0.2, 0.25) is 5.91 Å². The quantitative estimate of drug-likeness (QED) is 0.521. The zero-order valence-corrected chi connectivity index (χ0v) is 16.4. The lowest BCUT2D eigenvalue weighted by Gasteiger charge is -2.10. The lowest BCUT2D eigenvalue weighted by molar-refractivity contribution is -0.120. The van der Waals surface area contributed by atoms with Gasteiger partial charge in [0.05, 0.1) is 33.5 Å². The van der Waals surface area contributed by atoms with Crippen LogP contribution >= 0.6 is 11.6 Å². The molecule has 0 heterocycles. The third-order valence-corrected chi connectivity index (χ3v) is 4.02. The number of methoxy groups -OCH3 is 2. The van der Waals surface area contributed by atoms with Crippen molar-refractivity contribution >= 4 is 23.7 Å². The molecule has 2 rings (SSSR count). The van der Waals surface area contributed by atoms with Crippen LogP contribution in [-0.2, 0) is 11.2 Å². The minimum absolute atomic E-state index is 0.0981. The zero-order chi connectivity index (χ0) is 19.6. The van der Waals surface area contributed by atoms with E-state index in [9.17, 15) is 4.79 Å². The number of hydrazone groups is 1. The number of hydrogen-bond acceptors (Lipinski definition) is 5. The molecular weight excluding hydrogens is 368 g/mol. The van der Waals surface area contributed by atoms with Gasteiger partial charge < -0.3 is 14.2 Å². The number of nitrogens with zero attached hydrogens (tertiary/aromatic N) is 1. The van der Waals surface area contributed by atoms with E-state index >= 15 is 0 Å². The minimum atomic E-state index is -0.280. The SMILES string of the molecule is CCCOc1cc(/C=N/NC(=O)Cc2cc(OC)ccc2Cl)ccc1OC. The second kappa shape index (κ2) is 10.4. The number of benzene rings is 2. The highest BCUT2D eigenvalue weighted by Crippen LogP contribution is 2.27. The first-order valence-corrected chi connectivity index (χ1v) is 8.90. The fourth-order valence-electron chi connectivity index (χ4n) is 2.30. The van der Waals surface area contributed by atoms with E-state index in [2.05, 4.69) is 10.5 Å². The third kappa shape index (κ3) is 6.18. The molecule has 0 spiro atoms. The summed E-state index contributed by atoms with van der Waals surface area (Å²) >= 11 is 6.12. The van der Waals surface area contributed by atoms with Gasteiger partial charge in [-0.2, -0.15) is 5.10 Å². The molecule has 0 saturated heterocycles. The predicted octanol–water partition coefficient (Wildman–Crippen LogP) is 3.84. The first kappa shape index (κ1) is 20.6. The van der Waals surface area contributed by atoms with Crippen LogP contribution in [0.25, 0.3) is 0 Å². The third-order valence-electron chi connectivity index (χ3n) is 3.66. The van der Waals surface area contributed by atoms with Gasteiger partial charge in [-0.3, -0.25) is 4.79 Å². The summed E-state index contributed by atoms with van der Waals surface area (Å²) in [5, 5.41) is 4.49. The molecule has 0 aliphatic heterocycles. The molecule has 0 fully saturated rings. The Hall–Kier alpha value is -2.73. The van der Waals surface area contributed by atoms with Crippen LogP contribution in [0.5, 0.6) is 17.2 Å². The minimum Gasteiger partial charge on any atom is -0.497 e. The summed E-state index contributed by atoms with van der Waals surface area (Å²) < 4.78 is 16.1. The van der Waals surface area contributed by atoms with Gasteiger partial charge in [-0.1, -0.05) is 18.5 Å². The van der Waals surface area contributed by atoms with Gasteiger partial charge >= 0.3 is 0 Å². The van der Waals surface area contributed by atoms with Crippen molar-refractivity contribution in [3.05, 3.63) is 52.5 Å². The number of ether oxygens (including phenoxy) is 3. The summed E-state index contributed by atoms with van der Waals surface area (Å²) in [5.74, 6) is 1.65. The van der Waals surface area contributed by atoms with E-state index in [1.165, 1.54) is 0 Å². The van der Waals surface area contributed by atoms with E-state index in [-0.39, 0.29) is 12.3 Å². The maximum atomic E-state index is 12.1. The molecule has 6 nitrogen and oxygen atoms in total. The van der Waals surface area contributed by atoms with Crippen LogP contribution in [0.4, 0.5) is 0 Å². The fourth-order valence-corrected chi connectivity index (χ4v) is 2.49. The highest BCUT2D eigenvalue weighted by molar-refractivity contribution is 6.31. The Labute approximate surface area is 164 Å². The number of carbonyl (C=O) groups excluding carboxylic acids is 1. The lowest BCUT2D eigenvalue weighted by Crippen LogP contribution is -2.20. The van der Waals surface area contributed by atoms with Crippen LogP contribution in [0.2, 0.25) is 5.02 Å². The lowest BCUT2D eigenvalue weighted by atomic mass is 10.1. The van der Waals surface area contributed by atoms with E-state index in [0.717, 1.165) is 12.0 Å². The molecule has 0 unspecified atom stereocenters. The molecule has 0 radical (unpaired) electrons. The Morgan fingerprint density at radius 3 is 2.67 bits per heavy atom.